The minimum Gasteiger partial charge on any atom is -0.493 e. The summed E-state index contributed by atoms with van der Waals surface area (Å²) in [6, 6.07) is 14.5. The monoisotopic (exact) mass is 292 g/mol. The summed E-state index contributed by atoms with van der Waals surface area (Å²) in [5.41, 5.74) is 0.896. The molecule has 0 saturated heterocycles. The van der Waals surface area contributed by atoms with Crippen molar-refractivity contribution in [1.82, 2.24) is 0 Å². The number of methoxy groups -OCH3 is 2. The van der Waals surface area contributed by atoms with Gasteiger partial charge >= 0.3 is 0 Å². The average Bonchev–Trinajstić information content (AvgIpc) is 2.95. The lowest BCUT2D eigenvalue weighted by Crippen LogP contribution is -1.91. The van der Waals surface area contributed by atoms with Gasteiger partial charge in [-0.3, -0.25) is 0 Å². The van der Waals surface area contributed by atoms with E-state index in [0.717, 1.165) is 33.3 Å². The van der Waals surface area contributed by atoms with Crippen LogP contribution in [0.4, 0.5) is 0 Å². The number of hydrogen-bond donors (Lipinski definition) is 0. The molecule has 0 aliphatic rings. The molecule has 0 unspecified atom stereocenters. The Hall–Kier alpha value is -2.68. The van der Waals surface area contributed by atoms with Crippen LogP contribution in [-0.4, -0.2) is 14.2 Å². The summed E-state index contributed by atoms with van der Waals surface area (Å²) in [5, 5.41) is 5.66. The van der Waals surface area contributed by atoms with Crippen molar-refractivity contribution in [3.8, 4) is 11.5 Å². The highest BCUT2D eigenvalue weighted by molar-refractivity contribution is 6.24. The van der Waals surface area contributed by atoms with Gasteiger partial charge in [-0.1, -0.05) is 24.3 Å². The molecule has 0 saturated carbocycles. The fourth-order valence-electron chi connectivity index (χ4n) is 3.16. The highest BCUT2D eigenvalue weighted by atomic mass is 16.5. The summed E-state index contributed by atoms with van der Waals surface area (Å²) < 4.78 is 16.9. The number of furan rings is 1. The molecule has 0 amide bonds. The Kier molecular flexibility index (Phi) is 2.76. The molecule has 0 atom stereocenters. The molecule has 0 fully saturated rings. The maximum Gasteiger partial charge on any atom is 0.161 e. The molecule has 0 radical (unpaired) electrons. The van der Waals surface area contributed by atoms with Gasteiger partial charge in [0, 0.05) is 10.8 Å². The molecule has 0 spiro atoms. The van der Waals surface area contributed by atoms with Gasteiger partial charge in [0.1, 0.15) is 11.3 Å². The van der Waals surface area contributed by atoms with E-state index in [1.807, 2.05) is 19.1 Å². The topological polar surface area (TPSA) is 31.6 Å². The van der Waals surface area contributed by atoms with Gasteiger partial charge in [0.05, 0.1) is 14.2 Å². The van der Waals surface area contributed by atoms with Crippen molar-refractivity contribution in [1.29, 1.82) is 0 Å². The van der Waals surface area contributed by atoms with Crippen LogP contribution < -0.4 is 9.47 Å². The van der Waals surface area contributed by atoms with Crippen molar-refractivity contribution in [2.75, 3.05) is 14.2 Å². The number of benzene rings is 3. The molecule has 22 heavy (non-hydrogen) atoms. The summed E-state index contributed by atoms with van der Waals surface area (Å²) in [5.74, 6) is 2.34. The fourth-order valence-corrected chi connectivity index (χ4v) is 3.16. The van der Waals surface area contributed by atoms with Gasteiger partial charge in [0.25, 0.3) is 0 Å². The molecule has 3 aromatic carbocycles. The maximum absolute atomic E-state index is 5.97. The lowest BCUT2D eigenvalue weighted by atomic mass is 9.98. The lowest BCUT2D eigenvalue weighted by molar-refractivity contribution is 0.356. The molecular formula is C19H16O3. The Labute approximate surface area is 128 Å². The number of aryl methyl sites for hydroxylation is 1. The summed E-state index contributed by atoms with van der Waals surface area (Å²) in [4.78, 5) is 0. The highest BCUT2D eigenvalue weighted by Crippen LogP contribution is 2.41. The van der Waals surface area contributed by atoms with Crippen LogP contribution in [-0.2, 0) is 0 Å². The van der Waals surface area contributed by atoms with Crippen LogP contribution >= 0.6 is 0 Å². The second-order valence-electron chi connectivity index (χ2n) is 5.40. The molecule has 3 heteroatoms. The van der Waals surface area contributed by atoms with E-state index in [2.05, 4.69) is 30.3 Å². The zero-order valence-corrected chi connectivity index (χ0v) is 12.8. The van der Waals surface area contributed by atoms with Crippen molar-refractivity contribution in [2.24, 2.45) is 0 Å². The molecule has 3 nitrogen and oxygen atoms in total. The first-order chi connectivity index (χ1) is 10.7. The molecule has 0 N–H and O–H groups in total. The average molecular weight is 292 g/mol. The molecule has 4 rings (SSSR count). The predicted molar refractivity (Wildman–Crippen MR) is 89.1 cm³/mol. The van der Waals surface area contributed by atoms with Gasteiger partial charge in [-0.2, -0.15) is 0 Å². The van der Waals surface area contributed by atoms with Crippen LogP contribution in [0.5, 0.6) is 11.5 Å². The Morgan fingerprint density at radius 1 is 0.727 bits per heavy atom. The first kappa shape index (κ1) is 13.0. The Morgan fingerprint density at radius 2 is 1.27 bits per heavy atom. The number of rotatable bonds is 2. The first-order valence-corrected chi connectivity index (χ1v) is 7.19. The Balaban J connectivity index is 2.31. The van der Waals surface area contributed by atoms with Crippen LogP contribution in [0.3, 0.4) is 0 Å². The van der Waals surface area contributed by atoms with E-state index in [1.54, 1.807) is 14.2 Å². The molecular weight excluding hydrogens is 276 g/mol. The van der Waals surface area contributed by atoms with Gasteiger partial charge < -0.3 is 13.9 Å². The summed E-state index contributed by atoms with van der Waals surface area (Å²) in [7, 11) is 3.30. The zero-order valence-electron chi connectivity index (χ0n) is 12.8. The predicted octanol–water partition coefficient (Wildman–Crippen LogP) is 5.06. The van der Waals surface area contributed by atoms with Crippen LogP contribution in [0.1, 0.15) is 5.76 Å². The third-order valence-corrected chi connectivity index (χ3v) is 4.13. The van der Waals surface area contributed by atoms with Crippen molar-refractivity contribution in [2.45, 2.75) is 6.92 Å². The van der Waals surface area contributed by atoms with Crippen molar-refractivity contribution in [3.63, 3.8) is 0 Å². The largest absolute Gasteiger partial charge is 0.493 e. The SMILES string of the molecule is COc1cc2c3ccccc3c3cc(C)oc3c2cc1OC. The van der Waals surface area contributed by atoms with Crippen LogP contribution in [0.15, 0.2) is 46.9 Å². The zero-order chi connectivity index (χ0) is 15.3. The maximum atomic E-state index is 5.97. The molecule has 0 aliphatic carbocycles. The van der Waals surface area contributed by atoms with E-state index in [-0.39, 0.29) is 0 Å². The number of ether oxygens (including phenoxy) is 2. The highest BCUT2D eigenvalue weighted by Gasteiger charge is 2.15. The fraction of sp³-hybridized carbons (Fsp3) is 0.158. The van der Waals surface area contributed by atoms with E-state index in [0.29, 0.717) is 5.75 Å². The lowest BCUT2D eigenvalue weighted by Gasteiger charge is -2.11. The standard InChI is InChI=1S/C19H16O3/c1-11-8-15-13-7-5-4-6-12(13)14-9-17(20-2)18(21-3)10-16(14)19(15)22-11/h4-10H,1-3H3. The minimum absolute atomic E-state index is 0.709. The van der Waals surface area contributed by atoms with Crippen molar-refractivity contribution >= 4 is 32.5 Å². The Bertz CT molecular complexity index is 1010. The normalized spacial score (nSPS) is 11.4. The van der Waals surface area contributed by atoms with Gasteiger partial charge in [0.15, 0.2) is 11.5 Å². The van der Waals surface area contributed by atoms with Gasteiger partial charge in [-0.05, 0) is 41.3 Å². The van der Waals surface area contributed by atoms with Crippen LogP contribution in [0.25, 0.3) is 32.5 Å². The smallest absolute Gasteiger partial charge is 0.161 e. The van der Waals surface area contributed by atoms with E-state index in [4.69, 9.17) is 13.9 Å². The van der Waals surface area contributed by atoms with Gasteiger partial charge in [0.2, 0.25) is 0 Å². The van der Waals surface area contributed by atoms with Gasteiger partial charge in [-0.15, -0.1) is 0 Å². The van der Waals surface area contributed by atoms with Crippen LogP contribution in [0.2, 0.25) is 0 Å². The molecule has 0 bridgehead atoms. The van der Waals surface area contributed by atoms with E-state index in [1.165, 1.54) is 10.8 Å². The number of hydrogen-bond acceptors (Lipinski definition) is 3. The minimum atomic E-state index is 0.709. The molecule has 110 valence electrons. The third-order valence-electron chi connectivity index (χ3n) is 4.13. The second kappa shape index (κ2) is 4.67. The molecule has 1 heterocycles. The van der Waals surface area contributed by atoms with Crippen molar-refractivity contribution < 1.29 is 13.9 Å². The molecule has 0 aliphatic heterocycles. The van der Waals surface area contributed by atoms with E-state index < -0.39 is 0 Å². The van der Waals surface area contributed by atoms with Crippen molar-refractivity contribution in [3.05, 3.63) is 48.2 Å². The quantitative estimate of drug-likeness (QED) is 0.484. The number of fused-ring (bicyclic) bond motifs is 6. The first-order valence-electron chi connectivity index (χ1n) is 7.19. The Morgan fingerprint density at radius 3 is 1.91 bits per heavy atom. The summed E-state index contributed by atoms with van der Waals surface area (Å²) in [6.45, 7) is 1.97. The molecule has 4 aromatic rings. The van der Waals surface area contributed by atoms with Gasteiger partial charge in [-0.25, -0.2) is 0 Å². The van der Waals surface area contributed by atoms with Crippen LogP contribution in [0, 0.1) is 6.92 Å². The molecule has 1 aromatic heterocycles. The summed E-state index contributed by atoms with van der Waals surface area (Å²) in [6.07, 6.45) is 0. The second-order valence-corrected chi connectivity index (χ2v) is 5.40. The van der Waals surface area contributed by atoms with E-state index in [9.17, 15) is 0 Å². The van der Waals surface area contributed by atoms with E-state index >= 15 is 0 Å². The summed E-state index contributed by atoms with van der Waals surface area (Å²) >= 11 is 0. The third kappa shape index (κ3) is 1.69.